The summed E-state index contributed by atoms with van der Waals surface area (Å²) in [6.07, 6.45) is 4.40. The van der Waals surface area contributed by atoms with Crippen LogP contribution in [0.25, 0.3) is 0 Å². The zero-order valence-electron chi connectivity index (χ0n) is 22.5. The number of Topliss-reactive ketones (excluding diaryl/α,β-unsaturated/α-hetero) is 2. The largest absolute Gasteiger partial charge is 0.481 e. The molecule has 0 bridgehead atoms. The van der Waals surface area contributed by atoms with Crippen LogP contribution < -0.4 is 0 Å². The smallest absolute Gasteiger partial charge is 0.303 e. The molecule has 0 radical (unpaired) electrons. The fourth-order valence-electron chi connectivity index (χ4n) is 9.06. The molecule has 0 aliphatic heterocycles. The van der Waals surface area contributed by atoms with Gasteiger partial charge in [0.1, 0.15) is 6.10 Å². The summed E-state index contributed by atoms with van der Waals surface area (Å²) in [7, 11) is 0. The number of carboxylic acid groups (broad SMARTS) is 1. The summed E-state index contributed by atoms with van der Waals surface area (Å²) < 4.78 is 5.69. The highest BCUT2D eigenvalue weighted by molar-refractivity contribution is 6.11. The number of ketones is 2. The van der Waals surface area contributed by atoms with Crippen molar-refractivity contribution in [3.05, 3.63) is 11.1 Å². The fourth-order valence-corrected chi connectivity index (χ4v) is 9.06. The molecule has 7 atom stereocenters. The van der Waals surface area contributed by atoms with Crippen molar-refractivity contribution >= 4 is 23.5 Å². The Morgan fingerprint density at radius 2 is 1.69 bits per heavy atom. The van der Waals surface area contributed by atoms with E-state index in [9.17, 15) is 24.3 Å². The van der Waals surface area contributed by atoms with E-state index in [0.717, 1.165) is 30.4 Å². The highest BCUT2D eigenvalue weighted by atomic mass is 16.5. The summed E-state index contributed by atoms with van der Waals surface area (Å²) in [6.45, 7) is 14.2. The van der Waals surface area contributed by atoms with E-state index in [-0.39, 0.29) is 58.6 Å². The summed E-state index contributed by atoms with van der Waals surface area (Å²) in [6, 6.07) is 0. The molecule has 0 aromatic heterocycles. The van der Waals surface area contributed by atoms with Gasteiger partial charge in [-0.2, -0.15) is 0 Å². The molecule has 35 heavy (non-hydrogen) atoms. The summed E-state index contributed by atoms with van der Waals surface area (Å²) in [5.74, 6) is -0.602. The molecule has 6 nitrogen and oxygen atoms in total. The fraction of sp³-hybridized carbons (Fsp3) is 0.793. The lowest BCUT2D eigenvalue weighted by atomic mass is 9.42. The standard InChI is InChI=1S/C29H42O6/c1-16(8-9-23(33)34)18-10-13-28(6)25-19(31)14-21-26(3,4)22(35-17(2)30)11-12-27(21,5)24(25)20(32)15-29(18,28)7/h16,18,21-22H,8-15H2,1-7H3,(H,33,34)/t16-,18-,21-,22-,27+,28+,29-/m1/s1. The minimum Gasteiger partial charge on any atom is -0.481 e. The number of allylic oxidation sites excluding steroid dienone is 2. The molecule has 0 aromatic rings. The first-order valence-electron chi connectivity index (χ1n) is 13.3. The summed E-state index contributed by atoms with van der Waals surface area (Å²) in [5.41, 5.74) is -0.0581. The highest BCUT2D eigenvalue weighted by Crippen LogP contribution is 2.71. The molecule has 0 aromatic carbocycles. The van der Waals surface area contributed by atoms with E-state index in [0.29, 0.717) is 25.7 Å². The summed E-state index contributed by atoms with van der Waals surface area (Å²) in [5, 5.41) is 9.20. The maximum absolute atomic E-state index is 14.0. The van der Waals surface area contributed by atoms with Gasteiger partial charge in [0.2, 0.25) is 0 Å². The van der Waals surface area contributed by atoms with Crippen molar-refractivity contribution in [3.8, 4) is 0 Å². The Kier molecular flexibility index (Phi) is 6.17. The Morgan fingerprint density at radius 3 is 2.29 bits per heavy atom. The van der Waals surface area contributed by atoms with Crippen molar-refractivity contribution in [1.82, 2.24) is 0 Å². The van der Waals surface area contributed by atoms with E-state index in [4.69, 9.17) is 4.74 Å². The lowest BCUT2D eigenvalue weighted by molar-refractivity contribution is -0.169. The molecule has 0 spiro atoms. The second-order valence-electron chi connectivity index (χ2n) is 13.2. The molecule has 0 unspecified atom stereocenters. The van der Waals surface area contributed by atoms with Gasteiger partial charge in [-0.15, -0.1) is 0 Å². The number of fused-ring (bicyclic) bond motifs is 4. The zero-order chi connectivity index (χ0) is 26.1. The van der Waals surface area contributed by atoms with E-state index in [2.05, 4.69) is 41.5 Å². The lowest BCUT2D eigenvalue weighted by Gasteiger charge is -2.60. The Balaban J connectivity index is 1.77. The van der Waals surface area contributed by atoms with Gasteiger partial charge < -0.3 is 9.84 Å². The number of esters is 1. The van der Waals surface area contributed by atoms with Gasteiger partial charge in [-0.1, -0.05) is 41.5 Å². The number of carboxylic acids is 1. The predicted octanol–water partition coefficient (Wildman–Crippen LogP) is 5.53. The second-order valence-corrected chi connectivity index (χ2v) is 13.2. The molecule has 4 rings (SSSR count). The molecular weight excluding hydrogens is 444 g/mol. The maximum Gasteiger partial charge on any atom is 0.303 e. The van der Waals surface area contributed by atoms with Crippen molar-refractivity contribution in [3.63, 3.8) is 0 Å². The molecule has 4 aliphatic carbocycles. The third-order valence-electron chi connectivity index (χ3n) is 11.1. The number of carbonyl (C=O) groups is 4. The molecule has 2 fully saturated rings. The monoisotopic (exact) mass is 486 g/mol. The molecule has 1 N–H and O–H groups in total. The zero-order valence-corrected chi connectivity index (χ0v) is 22.5. The van der Waals surface area contributed by atoms with E-state index in [1.165, 1.54) is 6.92 Å². The van der Waals surface area contributed by atoms with E-state index < -0.39 is 16.8 Å². The number of hydrogen-bond acceptors (Lipinski definition) is 5. The Bertz CT molecular complexity index is 1010. The first kappa shape index (κ1) is 26.1. The topological polar surface area (TPSA) is 97.7 Å². The van der Waals surface area contributed by atoms with Gasteiger partial charge >= 0.3 is 11.9 Å². The number of aliphatic carboxylic acids is 1. The van der Waals surface area contributed by atoms with Crippen LogP contribution in [0, 0.1) is 39.4 Å². The first-order valence-corrected chi connectivity index (χ1v) is 13.3. The Morgan fingerprint density at radius 1 is 1.03 bits per heavy atom. The normalized spacial score (nSPS) is 41.1. The van der Waals surface area contributed by atoms with Crippen molar-refractivity contribution in [2.45, 2.75) is 106 Å². The lowest BCUT2D eigenvalue weighted by Crippen LogP contribution is -2.59. The number of carbonyl (C=O) groups excluding carboxylic acids is 3. The summed E-state index contributed by atoms with van der Waals surface area (Å²) in [4.78, 5) is 51.0. The summed E-state index contributed by atoms with van der Waals surface area (Å²) >= 11 is 0. The van der Waals surface area contributed by atoms with Crippen LogP contribution in [0.5, 0.6) is 0 Å². The van der Waals surface area contributed by atoms with Crippen molar-refractivity contribution in [2.75, 3.05) is 0 Å². The van der Waals surface area contributed by atoms with Crippen LogP contribution in [0.15, 0.2) is 11.1 Å². The molecule has 4 aliphatic rings. The quantitative estimate of drug-likeness (QED) is 0.513. The molecule has 0 saturated heterocycles. The number of hydrogen-bond donors (Lipinski definition) is 1. The molecular formula is C29H42O6. The average Bonchev–Trinajstić information content (AvgIpc) is 3.00. The predicted molar refractivity (Wildman–Crippen MR) is 131 cm³/mol. The molecule has 2 saturated carbocycles. The van der Waals surface area contributed by atoms with E-state index in [1.807, 2.05) is 0 Å². The van der Waals surface area contributed by atoms with Crippen LogP contribution in [0.4, 0.5) is 0 Å². The van der Waals surface area contributed by atoms with Crippen LogP contribution in [0.3, 0.4) is 0 Å². The van der Waals surface area contributed by atoms with Gasteiger partial charge in [-0.25, -0.2) is 0 Å². The second kappa shape index (κ2) is 8.27. The minimum atomic E-state index is -0.791. The van der Waals surface area contributed by atoms with Crippen molar-refractivity contribution in [1.29, 1.82) is 0 Å². The first-order chi connectivity index (χ1) is 16.1. The van der Waals surface area contributed by atoms with Gasteiger partial charge in [-0.05, 0) is 55.3 Å². The van der Waals surface area contributed by atoms with Crippen molar-refractivity contribution in [2.24, 2.45) is 39.4 Å². The van der Waals surface area contributed by atoms with Gasteiger partial charge in [-0.3, -0.25) is 19.2 Å². The SMILES string of the molecule is CC(=O)O[C@@H]1CC[C@]2(C)C3=C(C(=O)C[C@@H]2C1(C)C)[C@]1(C)CC[C@H]([C@H](C)CCC(=O)O)[C@@]1(C)CC3=O. The Labute approximate surface area is 209 Å². The van der Waals surface area contributed by atoms with E-state index >= 15 is 0 Å². The average molecular weight is 487 g/mol. The molecule has 6 heteroatoms. The number of ether oxygens (including phenoxy) is 1. The Hall–Kier alpha value is -1.98. The molecule has 194 valence electrons. The van der Waals surface area contributed by atoms with Gasteiger partial charge in [0.25, 0.3) is 0 Å². The van der Waals surface area contributed by atoms with Gasteiger partial charge in [0.05, 0.1) is 0 Å². The van der Waals surface area contributed by atoms with Crippen LogP contribution in [-0.4, -0.2) is 34.7 Å². The third kappa shape index (κ3) is 3.64. The highest BCUT2D eigenvalue weighted by Gasteiger charge is 2.67. The minimum absolute atomic E-state index is 0.0667. The van der Waals surface area contributed by atoms with Gasteiger partial charge in [0, 0.05) is 53.6 Å². The number of rotatable bonds is 5. The van der Waals surface area contributed by atoms with E-state index in [1.54, 1.807) is 0 Å². The van der Waals surface area contributed by atoms with Crippen LogP contribution in [0.1, 0.15) is 99.8 Å². The van der Waals surface area contributed by atoms with Crippen molar-refractivity contribution < 1.29 is 29.0 Å². The third-order valence-corrected chi connectivity index (χ3v) is 11.1. The maximum atomic E-state index is 14.0. The van der Waals surface area contributed by atoms with Gasteiger partial charge in [0.15, 0.2) is 11.6 Å². The molecule has 0 heterocycles. The van der Waals surface area contributed by atoms with Crippen LogP contribution >= 0.6 is 0 Å². The molecule has 0 amide bonds. The van der Waals surface area contributed by atoms with Crippen LogP contribution in [0.2, 0.25) is 0 Å². The van der Waals surface area contributed by atoms with Crippen LogP contribution in [-0.2, 0) is 23.9 Å².